The number of fused-ring (bicyclic) bond motifs is 1. The van der Waals surface area contributed by atoms with Gasteiger partial charge in [-0.05, 0) is 72.2 Å². The van der Waals surface area contributed by atoms with Gasteiger partial charge in [0.25, 0.3) is 0 Å². The number of carbonyl (C=O) groups is 1. The van der Waals surface area contributed by atoms with Gasteiger partial charge >= 0.3 is 0 Å². The molecule has 1 heterocycles. The van der Waals surface area contributed by atoms with Crippen LogP contribution in [-0.2, 0) is 34.8 Å². The van der Waals surface area contributed by atoms with Crippen LogP contribution in [0.15, 0.2) is 90.1 Å². The molecule has 2 atom stereocenters. The third-order valence-corrected chi connectivity index (χ3v) is 9.00. The molecule has 4 aromatic rings. The van der Waals surface area contributed by atoms with Crippen molar-refractivity contribution in [2.24, 2.45) is 7.05 Å². The Morgan fingerprint density at radius 1 is 1.12 bits per heavy atom. The van der Waals surface area contributed by atoms with E-state index in [-0.39, 0.29) is 23.3 Å². The molecule has 5 rings (SSSR count). The minimum absolute atomic E-state index is 0.0148. The lowest BCUT2D eigenvalue weighted by molar-refractivity contribution is -0.119. The quantitative estimate of drug-likeness (QED) is 0.287. The highest BCUT2D eigenvalue weighted by Gasteiger charge is 2.28. The van der Waals surface area contributed by atoms with Crippen molar-refractivity contribution in [2.45, 2.75) is 56.0 Å². The second-order valence-electron chi connectivity index (χ2n) is 10.4. The first-order valence-electron chi connectivity index (χ1n) is 13.4. The van der Waals surface area contributed by atoms with E-state index in [4.69, 9.17) is 0 Å². The maximum absolute atomic E-state index is 13.8. The molecule has 9 heteroatoms. The Morgan fingerprint density at radius 3 is 2.65 bits per heavy atom. The second kappa shape index (κ2) is 11.7. The van der Waals surface area contributed by atoms with Gasteiger partial charge in [-0.1, -0.05) is 49.4 Å². The molecule has 0 saturated carbocycles. The Hall–Kier alpha value is -3.82. The zero-order valence-corrected chi connectivity index (χ0v) is 23.4. The summed E-state index contributed by atoms with van der Waals surface area (Å²) >= 11 is 0. The fourth-order valence-corrected chi connectivity index (χ4v) is 6.53. The van der Waals surface area contributed by atoms with Crippen LogP contribution in [0.4, 0.5) is 10.1 Å². The largest absolute Gasteiger partial charge is 0.337 e. The lowest BCUT2D eigenvalue weighted by Gasteiger charge is -2.30. The molecule has 7 nitrogen and oxygen atoms in total. The minimum atomic E-state index is -3.95. The van der Waals surface area contributed by atoms with Gasteiger partial charge in [0.15, 0.2) is 0 Å². The molecule has 0 fully saturated rings. The number of rotatable bonds is 9. The Bertz CT molecular complexity index is 1600. The summed E-state index contributed by atoms with van der Waals surface area (Å²) in [5.74, 6) is 0.0946. The number of aromatic nitrogens is 2. The molecular weight excluding hydrogens is 527 g/mol. The first-order chi connectivity index (χ1) is 19.2. The molecule has 0 bridgehead atoms. The number of halogens is 1. The highest BCUT2D eigenvalue weighted by molar-refractivity contribution is 7.89. The highest BCUT2D eigenvalue weighted by Crippen LogP contribution is 2.35. The zero-order chi connectivity index (χ0) is 28.3. The van der Waals surface area contributed by atoms with E-state index in [0.717, 1.165) is 41.4 Å². The average Bonchev–Trinajstić information content (AvgIpc) is 3.36. The van der Waals surface area contributed by atoms with Crippen molar-refractivity contribution in [2.75, 3.05) is 4.90 Å². The fourth-order valence-electron chi connectivity index (χ4n) is 5.25. The summed E-state index contributed by atoms with van der Waals surface area (Å²) in [7, 11) is -2.06. The Morgan fingerprint density at radius 2 is 1.93 bits per heavy atom. The van der Waals surface area contributed by atoms with Gasteiger partial charge in [0.05, 0.1) is 11.4 Å². The van der Waals surface area contributed by atoms with E-state index in [0.29, 0.717) is 18.5 Å². The van der Waals surface area contributed by atoms with E-state index in [1.807, 2.05) is 73.3 Å². The molecule has 1 amide bonds. The topological polar surface area (TPSA) is 84.3 Å². The maximum atomic E-state index is 13.8. The van der Waals surface area contributed by atoms with Crippen molar-refractivity contribution >= 4 is 21.6 Å². The van der Waals surface area contributed by atoms with E-state index in [1.165, 1.54) is 18.2 Å². The summed E-state index contributed by atoms with van der Waals surface area (Å²) in [5.41, 5.74) is 3.63. The Kier molecular flexibility index (Phi) is 8.14. The summed E-state index contributed by atoms with van der Waals surface area (Å²) in [6, 6.07) is 20.3. The lowest BCUT2D eigenvalue weighted by atomic mass is 9.87. The van der Waals surface area contributed by atoms with Crippen LogP contribution in [-0.4, -0.2) is 23.9 Å². The highest BCUT2D eigenvalue weighted by atomic mass is 32.2. The molecule has 1 aliphatic carbocycles. The molecular formula is C31H33FN4O3S. The summed E-state index contributed by atoms with van der Waals surface area (Å²) in [5, 5.41) is 0. The van der Waals surface area contributed by atoms with Gasteiger partial charge in [-0.15, -0.1) is 0 Å². The summed E-state index contributed by atoms with van der Waals surface area (Å²) in [4.78, 5) is 19.9. The van der Waals surface area contributed by atoms with Gasteiger partial charge in [0, 0.05) is 37.6 Å². The SMILES string of the molecule is C[C@H](CC(=O)N(Cc1nccn1C)c1ccc2c(c1)[C@H](NS(=O)(=O)c1cccc(F)c1)CCC2)c1ccccc1. The zero-order valence-electron chi connectivity index (χ0n) is 22.6. The van der Waals surface area contributed by atoms with E-state index in [1.54, 1.807) is 11.1 Å². The molecule has 0 spiro atoms. The smallest absolute Gasteiger partial charge is 0.241 e. The van der Waals surface area contributed by atoms with Crippen LogP contribution in [0, 0.1) is 5.82 Å². The van der Waals surface area contributed by atoms with Crippen LogP contribution in [0.1, 0.15) is 60.7 Å². The van der Waals surface area contributed by atoms with Crippen molar-refractivity contribution in [3.8, 4) is 0 Å². The normalized spacial score (nSPS) is 15.8. The maximum Gasteiger partial charge on any atom is 0.241 e. The summed E-state index contributed by atoms with van der Waals surface area (Å²) in [6.07, 6.45) is 6.08. The number of aryl methyl sites for hydroxylation is 2. The van der Waals surface area contributed by atoms with Gasteiger partial charge in [0.2, 0.25) is 15.9 Å². The molecule has 0 unspecified atom stereocenters. The van der Waals surface area contributed by atoms with Crippen molar-refractivity contribution < 1.29 is 17.6 Å². The van der Waals surface area contributed by atoms with E-state index >= 15 is 0 Å². The number of nitrogens with one attached hydrogen (secondary N) is 1. The van der Waals surface area contributed by atoms with E-state index in [9.17, 15) is 17.6 Å². The molecule has 0 aliphatic heterocycles. The van der Waals surface area contributed by atoms with Gasteiger partial charge < -0.3 is 9.47 Å². The number of hydrogen-bond acceptors (Lipinski definition) is 4. The predicted octanol–water partition coefficient (Wildman–Crippen LogP) is 5.64. The van der Waals surface area contributed by atoms with Crippen LogP contribution in [0.5, 0.6) is 0 Å². The number of imidazole rings is 1. The average molecular weight is 561 g/mol. The number of nitrogens with zero attached hydrogens (tertiary/aromatic N) is 3. The van der Waals surface area contributed by atoms with Gasteiger partial charge in [-0.2, -0.15) is 0 Å². The first kappa shape index (κ1) is 27.7. The molecule has 1 aliphatic rings. The van der Waals surface area contributed by atoms with Crippen molar-refractivity contribution in [1.29, 1.82) is 0 Å². The Balaban J connectivity index is 1.46. The van der Waals surface area contributed by atoms with Gasteiger partial charge in [-0.3, -0.25) is 4.79 Å². The van der Waals surface area contributed by atoms with Crippen molar-refractivity contribution in [1.82, 2.24) is 14.3 Å². The summed E-state index contributed by atoms with van der Waals surface area (Å²) in [6.45, 7) is 2.32. The van der Waals surface area contributed by atoms with Gasteiger partial charge in [0.1, 0.15) is 11.6 Å². The fraction of sp³-hybridized carbons (Fsp3) is 0.290. The van der Waals surface area contributed by atoms with Crippen LogP contribution in [0.25, 0.3) is 0 Å². The Labute approximate surface area is 234 Å². The molecule has 1 aromatic heterocycles. The van der Waals surface area contributed by atoms with Crippen LogP contribution < -0.4 is 9.62 Å². The number of sulfonamides is 1. The first-order valence-corrected chi connectivity index (χ1v) is 14.9. The second-order valence-corrected chi connectivity index (χ2v) is 12.1. The lowest BCUT2D eigenvalue weighted by Crippen LogP contribution is -2.34. The molecule has 0 saturated heterocycles. The third kappa shape index (κ3) is 6.16. The number of amides is 1. The summed E-state index contributed by atoms with van der Waals surface area (Å²) < 4.78 is 44.7. The standard InChI is InChI=1S/C31H33FN4O3S/c1-22(23-8-4-3-5-9-23)18-31(37)36(21-30-33-16-17-35(30)2)26-15-14-24-10-6-13-29(28(24)20-26)34-40(38,39)27-12-7-11-25(32)19-27/h3-5,7-9,11-12,14-17,19-20,22,29,34H,6,10,13,18,21H2,1-2H3/t22-,29-/m1/s1. The number of anilines is 1. The van der Waals surface area contributed by atoms with Crippen LogP contribution in [0.3, 0.4) is 0 Å². The number of benzene rings is 3. The molecule has 208 valence electrons. The van der Waals surface area contributed by atoms with Crippen LogP contribution >= 0.6 is 0 Å². The van der Waals surface area contributed by atoms with Crippen molar-refractivity contribution in [3.63, 3.8) is 0 Å². The predicted molar refractivity (Wildman–Crippen MR) is 153 cm³/mol. The minimum Gasteiger partial charge on any atom is -0.337 e. The molecule has 1 N–H and O–H groups in total. The third-order valence-electron chi connectivity index (χ3n) is 7.53. The van der Waals surface area contributed by atoms with Crippen LogP contribution in [0.2, 0.25) is 0 Å². The van der Waals surface area contributed by atoms with Gasteiger partial charge in [-0.25, -0.2) is 22.5 Å². The number of hydrogen-bond donors (Lipinski definition) is 1. The molecule has 3 aromatic carbocycles. The molecule has 0 radical (unpaired) electrons. The van der Waals surface area contributed by atoms with Crippen molar-refractivity contribution in [3.05, 3.63) is 114 Å². The molecule has 40 heavy (non-hydrogen) atoms. The monoisotopic (exact) mass is 560 g/mol. The van der Waals surface area contributed by atoms with E-state index in [2.05, 4.69) is 9.71 Å². The van der Waals surface area contributed by atoms with E-state index < -0.39 is 21.9 Å². The number of carbonyl (C=O) groups excluding carboxylic acids is 1.